The molecule has 0 bridgehead atoms. The quantitative estimate of drug-likeness (QED) is 0.0197. The third-order valence-corrected chi connectivity index (χ3v) is 12.0. The van der Waals surface area contributed by atoms with Crippen LogP contribution < -0.4 is 0 Å². The SMILES string of the molecule is CC/C=C\C/C=C\C/C=C\CCCCCCCCCC(=O)OC(COC(=O)CCCCCCC/C=C\CCCC)COP(=O)(O)OCC(CO)OC(=O)CCCCCCC/C=C\C/C=C\CCC. The van der Waals surface area contributed by atoms with Gasteiger partial charge in [-0.3, -0.25) is 23.4 Å². The number of allylic oxidation sites excluding steroid dienone is 12. The summed E-state index contributed by atoms with van der Waals surface area (Å²) in [4.78, 5) is 48.3. The third kappa shape index (κ3) is 48.0. The lowest BCUT2D eigenvalue weighted by Gasteiger charge is -2.21. The molecule has 0 fully saturated rings. The summed E-state index contributed by atoms with van der Waals surface area (Å²) in [5.41, 5.74) is 0. The lowest BCUT2D eigenvalue weighted by atomic mass is 10.1. The zero-order chi connectivity index (χ0) is 49.9. The van der Waals surface area contributed by atoms with Crippen molar-refractivity contribution in [3.63, 3.8) is 0 Å². The van der Waals surface area contributed by atoms with E-state index in [9.17, 15) is 28.9 Å². The molecule has 0 saturated heterocycles. The molecule has 0 aliphatic heterocycles. The normalized spacial score (nSPS) is 14.0. The number of aliphatic hydroxyl groups is 1. The van der Waals surface area contributed by atoms with Crippen molar-refractivity contribution in [2.45, 2.75) is 238 Å². The van der Waals surface area contributed by atoms with Crippen LogP contribution in [0.4, 0.5) is 0 Å². The molecule has 0 aromatic carbocycles. The summed E-state index contributed by atoms with van der Waals surface area (Å²) >= 11 is 0. The second-order valence-electron chi connectivity index (χ2n) is 17.7. The maximum Gasteiger partial charge on any atom is 0.472 e. The number of rotatable bonds is 49. The molecule has 3 atom stereocenters. The number of aliphatic hydroxyl groups excluding tert-OH is 1. The van der Waals surface area contributed by atoms with E-state index in [1.165, 1.54) is 25.7 Å². The molecule has 0 aromatic rings. The average molecular weight is 977 g/mol. The molecule has 0 saturated carbocycles. The van der Waals surface area contributed by atoms with Gasteiger partial charge in [-0.1, -0.05) is 184 Å². The van der Waals surface area contributed by atoms with Crippen molar-refractivity contribution in [3.05, 3.63) is 72.9 Å². The largest absolute Gasteiger partial charge is 0.472 e. The van der Waals surface area contributed by atoms with Gasteiger partial charge in [-0.05, 0) is 96.3 Å². The zero-order valence-electron chi connectivity index (χ0n) is 43.1. The van der Waals surface area contributed by atoms with Crippen LogP contribution in [0.25, 0.3) is 0 Å². The van der Waals surface area contributed by atoms with E-state index in [4.69, 9.17) is 23.3 Å². The van der Waals surface area contributed by atoms with E-state index in [2.05, 4.69) is 93.7 Å². The molecule has 3 unspecified atom stereocenters. The third-order valence-electron chi connectivity index (χ3n) is 11.1. The number of hydrogen-bond donors (Lipinski definition) is 2. The molecular formula is C56H97O11P. The highest BCUT2D eigenvalue weighted by Crippen LogP contribution is 2.43. The highest BCUT2D eigenvalue weighted by atomic mass is 31.2. The summed E-state index contributed by atoms with van der Waals surface area (Å²) < 4.78 is 39.4. The van der Waals surface area contributed by atoms with E-state index in [0.29, 0.717) is 19.3 Å². The maximum atomic E-state index is 12.9. The van der Waals surface area contributed by atoms with Crippen molar-refractivity contribution in [2.24, 2.45) is 0 Å². The molecule has 0 amide bonds. The number of phosphoric acid groups is 1. The number of unbranched alkanes of at least 4 members (excludes halogenated alkanes) is 20. The lowest BCUT2D eigenvalue weighted by molar-refractivity contribution is -0.161. The number of phosphoric ester groups is 1. The van der Waals surface area contributed by atoms with Crippen molar-refractivity contribution in [3.8, 4) is 0 Å². The average Bonchev–Trinajstić information content (AvgIpc) is 3.32. The van der Waals surface area contributed by atoms with E-state index in [0.717, 1.165) is 141 Å². The highest BCUT2D eigenvalue weighted by molar-refractivity contribution is 7.47. The van der Waals surface area contributed by atoms with Crippen molar-refractivity contribution < 1.29 is 52.2 Å². The summed E-state index contributed by atoms with van der Waals surface area (Å²) in [6.45, 7) is 4.38. The van der Waals surface area contributed by atoms with Gasteiger partial charge in [0.1, 0.15) is 12.7 Å². The minimum absolute atomic E-state index is 0.152. The Bertz CT molecular complexity index is 1420. The molecule has 2 N–H and O–H groups in total. The molecule has 0 heterocycles. The Hall–Kier alpha value is -3.08. The van der Waals surface area contributed by atoms with Gasteiger partial charge in [-0.15, -0.1) is 0 Å². The Balaban J connectivity index is 4.75. The first-order chi connectivity index (χ1) is 33.2. The Morgan fingerprint density at radius 3 is 1.25 bits per heavy atom. The Kier molecular flexibility index (Phi) is 48.0. The molecule has 12 heteroatoms. The Labute approximate surface area is 414 Å². The number of hydrogen-bond acceptors (Lipinski definition) is 10. The monoisotopic (exact) mass is 977 g/mol. The first-order valence-corrected chi connectivity index (χ1v) is 28.3. The van der Waals surface area contributed by atoms with Crippen molar-refractivity contribution in [2.75, 3.05) is 26.4 Å². The minimum atomic E-state index is -4.75. The van der Waals surface area contributed by atoms with Crippen LogP contribution in [0.2, 0.25) is 0 Å². The van der Waals surface area contributed by atoms with Gasteiger partial charge in [0.15, 0.2) is 6.10 Å². The van der Waals surface area contributed by atoms with E-state index in [-0.39, 0.29) is 25.9 Å². The van der Waals surface area contributed by atoms with E-state index < -0.39 is 57.8 Å². The molecular weight excluding hydrogens is 880 g/mol. The van der Waals surface area contributed by atoms with Crippen LogP contribution >= 0.6 is 7.82 Å². The van der Waals surface area contributed by atoms with Gasteiger partial charge in [-0.2, -0.15) is 0 Å². The highest BCUT2D eigenvalue weighted by Gasteiger charge is 2.28. The maximum absolute atomic E-state index is 12.9. The minimum Gasteiger partial charge on any atom is -0.462 e. The predicted octanol–water partition coefficient (Wildman–Crippen LogP) is 15.4. The summed E-state index contributed by atoms with van der Waals surface area (Å²) in [6, 6.07) is 0. The van der Waals surface area contributed by atoms with Crippen LogP contribution in [0, 0.1) is 0 Å². The molecule has 0 aromatic heterocycles. The van der Waals surface area contributed by atoms with Gasteiger partial charge in [0.2, 0.25) is 0 Å². The fraction of sp³-hybridized carbons (Fsp3) is 0.732. The van der Waals surface area contributed by atoms with Crippen LogP contribution in [0.1, 0.15) is 226 Å². The predicted molar refractivity (Wildman–Crippen MR) is 279 cm³/mol. The van der Waals surface area contributed by atoms with Crippen molar-refractivity contribution in [1.29, 1.82) is 0 Å². The van der Waals surface area contributed by atoms with Gasteiger partial charge in [0.25, 0.3) is 0 Å². The number of esters is 3. The van der Waals surface area contributed by atoms with Gasteiger partial charge in [-0.25, -0.2) is 4.57 Å². The molecule has 11 nitrogen and oxygen atoms in total. The number of carbonyl (C=O) groups excluding carboxylic acids is 3. The van der Waals surface area contributed by atoms with Crippen LogP contribution in [0.15, 0.2) is 72.9 Å². The van der Waals surface area contributed by atoms with Crippen LogP contribution in [-0.2, 0) is 42.2 Å². The van der Waals surface area contributed by atoms with Crippen LogP contribution in [-0.4, -0.2) is 66.5 Å². The van der Waals surface area contributed by atoms with Gasteiger partial charge in [0.05, 0.1) is 19.8 Å². The second kappa shape index (κ2) is 50.3. The smallest absolute Gasteiger partial charge is 0.462 e. The molecule has 0 aliphatic carbocycles. The lowest BCUT2D eigenvalue weighted by Crippen LogP contribution is -2.30. The molecule has 392 valence electrons. The number of carbonyl (C=O) groups is 3. The van der Waals surface area contributed by atoms with Crippen molar-refractivity contribution in [1.82, 2.24) is 0 Å². The molecule has 68 heavy (non-hydrogen) atoms. The van der Waals surface area contributed by atoms with E-state index >= 15 is 0 Å². The van der Waals surface area contributed by atoms with Gasteiger partial charge >= 0.3 is 25.7 Å². The van der Waals surface area contributed by atoms with E-state index in [1.807, 2.05) is 0 Å². The molecule has 0 aliphatic rings. The molecule has 0 spiro atoms. The Morgan fingerprint density at radius 1 is 0.426 bits per heavy atom. The first-order valence-electron chi connectivity index (χ1n) is 26.8. The van der Waals surface area contributed by atoms with Crippen LogP contribution in [0.5, 0.6) is 0 Å². The fourth-order valence-electron chi connectivity index (χ4n) is 6.98. The van der Waals surface area contributed by atoms with Crippen LogP contribution in [0.3, 0.4) is 0 Å². The second-order valence-corrected chi connectivity index (χ2v) is 19.1. The summed E-state index contributed by atoms with van der Waals surface area (Å²) in [6.07, 6.45) is 54.4. The summed E-state index contributed by atoms with van der Waals surface area (Å²) in [5.74, 6) is -1.50. The van der Waals surface area contributed by atoms with Crippen molar-refractivity contribution >= 4 is 25.7 Å². The first kappa shape index (κ1) is 64.9. The van der Waals surface area contributed by atoms with Gasteiger partial charge < -0.3 is 24.2 Å². The zero-order valence-corrected chi connectivity index (χ0v) is 43.9. The molecule has 0 radical (unpaired) electrons. The summed E-state index contributed by atoms with van der Waals surface area (Å²) in [7, 11) is -4.75. The molecule has 0 rings (SSSR count). The number of ether oxygens (including phenoxy) is 3. The standard InChI is InChI=1S/C56H97O11P/c1-4-7-10-13-16-19-22-24-25-26-27-29-32-35-38-41-44-47-56(60)67-53(49-63-54(58)45-42-39-36-33-30-21-18-15-12-9-6-3)51-65-68(61,62)64-50-52(48-57)66-55(59)46-43-40-37-34-31-28-23-20-17-14-11-8-5-2/h7,10-11,14-16,18-20,23-25,52-53,57H,4-6,8-9,12-13,17,21-22,26-51H2,1-3H3,(H,61,62)/b10-7-,14-11-,18-15-,19-16-,23-20-,25-24-. The fourth-order valence-corrected chi connectivity index (χ4v) is 7.76. The topological polar surface area (TPSA) is 155 Å². The van der Waals surface area contributed by atoms with Gasteiger partial charge in [0, 0.05) is 19.3 Å². The van der Waals surface area contributed by atoms with E-state index in [1.54, 1.807) is 0 Å². The Morgan fingerprint density at radius 2 is 0.794 bits per heavy atom. The summed E-state index contributed by atoms with van der Waals surface area (Å²) in [5, 5.41) is 9.78.